The number of rotatable bonds is 6. The lowest BCUT2D eigenvalue weighted by molar-refractivity contribution is 0.0952. The highest BCUT2D eigenvalue weighted by Gasteiger charge is 2.11. The van der Waals surface area contributed by atoms with Crippen molar-refractivity contribution in [2.45, 2.75) is 13.3 Å². The summed E-state index contributed by atoms with van der Waals surface area (Å²) < 4.78 is 0. The third kappa shape index (κ3) is 4.99. The van der Waals surface area contributed by atoms with E-state index < -0.39 is 0 Å². The van der Waals surface area contributed by atoms with Gasteiger partial charge in [0, 0.05) is 28.4 Å². The molecule has 0 spiro atoms. The van der Waals surface area contributed by atoms with Crippen LogP contribution >= 0.6 is 11.6 Å². The lowest BCUT2D eigenvalue weighted by atomic mass is 10.1. The summed E-state index contributed by atoms with van der Waals surface area (Å²) in [6, 6.07) is 21.9. The Morgan fingerprint density at radius 1 is 0.821 bits per heavy atom. The second-order valence-electron chi connectivity index (χ2n) is 6.44. The maximum absolute atomic E-state index is 12.4. The standard InChI is InChI=1S/C23H21ClN2O2/c1-16-20(24)8-5-9-21(16)26-23(28)19-12-10-18(11-13-19)22(27)25-15-14-17-6-3-2-4-7-17/h2-13H,14-15H2,1H3,(H,25,27)(H,26,28). The van der Waals surface area contributed by atoms with Crippen molar-refractivity contribution >= 4 is 29.1 Å². The molecule has 28 heavy (non-hydrogen) atoms. The number of nitrogens with one attached hydrogen (secondary N) is 2. The van der Waals surface area contributed by atoms with Gasteiger partial charge in [0.2, 0.25) is 0 Å². The summed E-state index contributed by atoms with van der Waals surface area (Å²) in [6.07, 6.45) is 0.770. The van der Waals surface area contributed by atoms with Crippen LogP contribution in [0, 0.1) is 6.92 Å². The summed E-state index contributed by atoms with van der Waals surface area (Å²) in [4.78, 5) is 24.7. The summed E-state index contributed by atoms with van der Waals surface area (Å²) in [5, 5.41) is 6.34. The summed E-state index contributed by atoms with van der Waals surface area (Å²) in [7, 11) is 0. The van der Waals surface area contributed by atoms with Gasteiger partial charge in [-0.25, -0.2) is 0 Å². The first-order valence-electron chi connectivity index (χ1n) is 9.03. The molecule has 0 aliphatic heterocycles. The molecular weight excluding hydrogens is 372 g/mol. The third-order valence-electron chi connectivity index (χ3n) is 4.47. The molecule has 0 aliphatic rings. The van der Waals surface area contributed by atoms with Crippen LogP contribution in [0.15, 0.2) is 72.8 Å². The number of benzene rings is 3. The Morgan fingerprint density at radius 2 is 1.46 bits per heavy atom. The lowest BCUT2D eigenvalue weighted by Gasteiger charge is -2.10. The zero-order valence-electron chi connectivity index (χ0n) is 15.5. The van der Waals surface area contributed by atoms with Crippen molar-refractivity contribution in [1.82, 2.24) is 5.32 Å². The van der Waals surface area contributed by atoms with Crippen LogP contribution in [-0.4, -0.2) is 18.4 Å². The Labute approximate surface area is 169 Å². The summed E-state index contributed by atoms with van der Waals surface area (Å²) in [5.74, 6) is -0.407. The van der Waals surface area contributed by atoms with E-state index in [1.165, 1.54) is 5.56 Å². The van der Waals surface area contributed by atoms with Crippen LogP contribution < -0.4 is 10.6 Å². The number of carbonyl (C=O) groups excluding carboxylic acids is 2. The molecule has 2 N–H and O–H groups in total. The molecule has 0 saturated heterocycles. The first-order chi connectivity index (χ1) is 13.5. The highest BCUT2D eigenvalue weighted by atomic mass is 35.5. The van der Waals surface area contributed by atoms with E-state index in [0.717, 1.165) is 12.0 Å². The molecule has 3 aromatic carbocycles. The fourth-order valence-electron chi connectivity index (χ4n) is 2.78. The maximum Gasteiger partial charge on any atom is 0.255 e. The van der Waals surface area contributed by atoms with Gasteiger partial charge in [0.25, 0.3) is 11.8 Å². The average Bonchev–Trinajstić information content (AvgIpc) is 2.72. The van der Waals surface area contributed by atoms with E-state index in [1.54, 1.807) is 42.5 Å². The van der Waals surface area contributed by atoms with Crippen LogP contribution in [0.25, 0.3) is 0 Å². The molecule has 4 nitrogen and oxygen atoms in total. The second-order valence-corrected chi connectivity index (χ2v) is 6.84. The van der Waals surface area contributed by atoms with Gasteiger partial charge in [-0.15, -0.1) is 0 Å². The van der Waals surface area contributed by atoms with Crippen LogP contribution in [0.4, 0.5) is 5.69 Å². The molecule has 0 aliphatic carbocycles. The summed E-state index contributed by atoms with van der Waals surface area (Å²) >= 11 is 6.08. The van der Waals surface area contributed by atoms with Gasteiger partial charge >= 0.3 is 0 Å². The number of amides is 2. The van der Waals surface area contributed by atoms with Gasteiger partial charge in [-0.1, -0.05) is 48.0 Å². The minimum atomic E-state index is -0.249. The van der Waals surface area contributed by atoms with Crippen LogP contribution in [0.2, 0.25) is 5.02 Å². The normalized spacial score (nSPS) is 10.4. The summed E-state index contributed by atoms with van der Waals surface area (Å²) in [5.41, 5.74) is 3.64. The van der Waals surface area contributed by atoms with Gasteiger partial charge in [0.05, 0.1) is 0 Å². The average molecular weight is 393 g/mol. The van der Waals surface area contributed by atoms with E-state index in [1.807, 2.05) is 37.3 Å². The van der Waals surface area contributed by atoms with Gasteiger partial charge in [0.15, 0.2) is 0 Å². The predicted octanol–water partition coefficient (Wildman–Crippen LogP) is 4.87. The minimum Gasteiger partial charge on any atom is -0.352 e. The predicted molar refractivity (Wildman–Crippen MR) is 113 cm³/mol. The van der Waals surface area contributed by atoms with Gasteiger partial charge in [-0.3, -0.25) is 9.59 Å². The summed E-state index contributed by atoms with van der Waals surface area (Å²) in [6.45, 7) is 2.40. The number of hydrogen-bond acceptors (Lipinski definition) is 2. The van der Waals surface area contributed by atoms with Crippen molar-refractivity contribution < 1.29 is 9.59 Å². The number of halogens is 1. The fourth-order valence-corrected chi connectivity index (χ4v) is 2.95. The molecule has 0 radical (unpaired) electrons. The number of carbonyl (C=O) groups is 2. The molecular formula is C23H21ClN2O2. The number of anilines is 1. The first kappa shape index (κ1) is 19.6. The van der Waals surface area contributed by atoms with Gasteiger partial charge in [0.1, 0.15) is 0 Å². The maximum atomic E-state index is 12.4. The Hall–Kier alpha value is -3.11. The Kier molecular flexibility index (Phi) is 6.45. The molecule has 142 valence electrons. The van der Waals surface area contributed by atoms with E-state index in [2.05, 4.69) is 10.6 Å². The van der Waals surface area contributed by atoms with Crippen molar-refractivity contribution in [3.05, 3.63) is 100 Å². The molecule has 0 heterocycles. The van der Waals surface area contributed by atoms with Gasteiger partial charge in [-0.2, -0.15) is 0 Å². The molecule has 3 aromatic rings. The van der Waals surface area contributed by atoms with E-state index >= 15 is 0 Å². The molecule has 2 amide bonds. The van der Waals surface area contributed by atoms with Crippen LogP contribution in [-0.2, 0) is 6.42 Å². The topological polar surface area (TPSA) is 58.2 Å². The van der Waals surface area contributed by atoms with E-state index in [-0.39, 0.29) is 11.8 Å². The van der Waals surface area contributed by atoms with E-state index in [9.17, 15) is 9.59 Å². The van der Waals surface area contributed by atoms with E-state index in [4.69, 9.17) is 11.6 Å². The molecule has 3 rings (SSSR count). The second kappa shape index (κ2) is 9.20. The van der Waals surface area contributed by atoms with Crippen molar-refractivity contribution in [1.29, 1.82) is 0 Å². The van der Waals surface area contributed by atoms with Crippen LogP contribution in [0.5, 0.6) is 0 Å². The van der Waals surface area contributed by atoms with Crippen LogP contribution in [0.1, 0.15) is 31.8 Å². The molecule has 5 heteroatoms. The smallest absolute Gasteiger partial charge is 0.255 e. The minimum absolute atomic E-state index is 0.159. The van der Waals surface area contributed by atoms with Crippen molar-refractivity contribution in [3.8, 4) is 0 Å². The lowest BCUT2D eigenvalue weighted by Crippen LogP contribution is -2.25. The zero-order valence-corrected chi connectivity index (χ0v) is 16.3. The highest BCUT2D eigenvalue weighted by molar-refractivity contribution is 6.31. The largest absolute Gasteiger partial charge is 0.352 e. The van der Waals surface area contributed by atoms with Crippen molar-refractivity contribution in [2.75, 3.05) is 11.9 Å². The SMILES string of the molecule is Cc1c(Cl)cccc1NC(=O)c1ccc(C(=O)NCCc2ccccc2)cc1. The molecule has 0 aromatic heterocycles. The molecule has 0 unspecified atom stereocenters. The first-order valence-corrected chi connectivity index (χ1v) is 9.41. The molecule has 0 saturated carbocycles. The Morgan fingerprint density at radius 3 is 2.14 bits per heavy atom. The molecule has 0 fully saturated rings. The molecule has 0 bridgehead atoms. The van der Waals surface area contributed by atoms with Gasteiger partial charge in [-0.05, 0) is 60.9 Å². The Bertz CT molecular complexity index is 970. The quantitative estimate of drug-likeness (QED) is 0.628. The zero-order chi connectivity index (χ0) is 19.9. The van der Waals surface area contributed by atoms with Crippen LogP contribution in [0.3, 0.4) is 0 Å². The van der Waals surface area contributed by atoms with Gasteiger partial charge < -0.3 is 10.6 Å². The monoisotopic (exact) mass is 392 g/mol. The van der Waals surface area contributed by atoms with Crippen molar-refractivity contribution in [2.24, 2.45) is 0 Å². The van der Waals surface area contributed by atoms with E-state index in [0.29, 0.717) is 28.4 Å². The Balaban J connectivity index is 1.57. The molecule has 0 atom stereocenters. The third-order valence-corrected chi connectivity index (χ3v) is 4.88. The highest BCUT2D eigenvalue weighted by Crippen LogP contribution is 2.23. The fraction of sp³-hybridized carbons (Fsp3) is 0.130. The number of hydrogen-bond donors (Lipinski definition) is 2. The van der Waals surface area contributed by atoms with Crippen molar-refractivity contribution in [3.63, 3.8) is 0 Å².